The van der Waals surface area contributed by atoms with Gasteiger partial charge in [-0.1, -0.05) is 0 Å². The van der Waals surface area contributed by atoms with Crippen molar-refractivity contribution in [1.29, 1.82) is 0 Å². The van der Waals surface area contributed by atoms with Gasteiger partial charge in [-0.3, -0.25) is 4.79 Å². The largest absolute Gasteiger partial charge is 0.493 e. The van der Waals surface area contributed by atoms with E-state index in [4.69, 9.17) is 25.8 Å². The van der Waals surface area contributed by atoms with E-state index in [2.05, 4.69) is 0 Å². The molecule has 0 heterocycles. The number of hydrogen-bond donors (Lipinski definition) is 1. The van der Waals surface area contributed by atoms with Crippen molar-refractivity contribution in [3.63, 3.8) is 0 Å². The number of ketones is 1. The van der Waals surface area contributed by atoms with Gasteiger partial charge in [-0.05, 0) is 56.7 Å². The molecule has 1 saturated carbocycles. The molecule has 0 spiro atoms. The molecule has 0 unspecified atom stereocenters. The average molecular weight is 371 g/mol. The number of halogens is 1. The first-order valence-corrected chi connectivity index (χ1v) is 8.90. The lowest BCUT2D eigenvalue weighted by Crippen LogP contribution is -2.57. The van der Waals surface area contributed by atoms with Crippen LogP contribution in [0.15, 0.2) is 12.1 Å². The number of carbonyl (C=O) groups is 1. The summed E-state index contributed by atoms with van der Waals surface area (Å²) in [6, 6.07) is 3.77. The van der Waals surface area contributed by atoms with Crippen LogP contribution in [0.5, 0.6) is 17.2 Å². The van der Waals surface area contributed by atoms with E-state index in [0.717, 1.165) is 12.0 Å². The van der Waals surface area contributed by atoms with E-state index in [9.17, 15) is 9.90 Å². The summed E-state index contributed by atoms with van der Waals surface area (Å²) in [5.74, 6) is 1.57. The van der Waals surface area contributed by atoms with Gasteiger partial charge in [-0.25, -0.2) is 0 Å². The summed E-state index contributed by atoms with van der Waals surface area (Å²) in [5, 5.41) is 10.9. The summed E-state index contributed by atoms with van der Waals surface area (Å²) in [6.07, 6.45) is 3.39. The highest BCUT2D eigenvalue weighted by molar-refractivity contribution is 6.27. The van der Waals surface area contributed by atoms with Crippen molar-refractivity contribution < 1.29 is 24.1 Å². The molecule has 0 aliphatic heterocycles. The van der Waals surface area contributed by atoms with E-state index in [1.54, 1.807) is 28.3 Å². The molecule has 0 radical (unpaired) electrons. The van der Waals surface area contributed by atoms with Crippen molar-refractivity contribution in [3.05, 3.63) is 17.7 Å². The fraction of sp³-hybridized carbons (Fsp3) is 0.632. The molecule has 0 amide bonds. The Hall–Kier alpha value is -1.46. The topological polar surface area (TPSA) is 65.0 Å². The maximum atomic E-state index is 12.3. The first kappa shape index (κ1) is 19.9. The summed E-state index contributed by atoms with van der Waals surface area (Å²) < 4.78 is 16.0. The zero-order chi connectivity index (χ0) is 18.7. The lowest BCUT2D eigenvalue weighted by molar-refractivity contribution is -0.145. The van der Waals surface area contributed by atoms with Crippen molar-refractivity contribution in [3.8, 4) is 17.2 Å². The SMILES string of the molecule is COc1cc(CCC[C@]2(O)C(=O)CCC[C@]2(C)Cl)cc(OC)c1OC. The molecule has 5 nitrogen and oxygen atoms in total. The van der Waals surface area contributed by atoms with Crippen LogP contribution in [0.1, 0.15) is 44.6 Å². The molecular formula is C19H27ClO5. The molecular weight excluding hydrogens is 344 g/mol. The minimum Gasteiger partial charge on any atom is -0.493 e. The van der Waals surface area contributed by atoms with E-state index >= 15 is 0 Å². The Balaban J connectivity index is 2.12. The number of carbonyl (C=O) groups excluding carboxylic acids is 1. The minimum atomic E-state index is -1.46. The Morgan fingerprint density at radius 1 is 1.16 bits per heavy atom. The third-order valence-electron chi connectivity index (χ3n) is 5.10. The predicted molar refractivity (Wildman–Crippen MR) is 97.1 cm³/mol. The standard InChI is InChI=1S/C19H27ClO5/c1-18(20)9-6-8-16(21)19(18,22)10-5-7-13-11-14(23-2)17(25-4)15(12-13)24-3/h11-12,22H,5-10H2,1-4H3/t18-,19-/m0/s1. The number of alkyl halides is 1. The zero-order valence-electron chi connectivity index (χ0n) is 15.4. The molecule has 0 saturated heterocycles. The molecule has 2 atom stereocenters. The van der Waals surface area contributed by atoms with Gasteiger partial charge in [0.1, 0.15) is 5.60 Å². The van der Waals surface area contributed by atoms with Gasteiger partial charge >= 0.3 is 0 Å². The second-order valence-electron chi connectivity index (χ2n) is 6.72. The summed E-state index contributed by atoms with van der Waals surface area (Å²) >= 11 is 6.46. The number of hydrogen-bond acceptors (Lipinski definition) is 5. The summed E-state index contributed by atoms with van der Waals surface area (Å²) in [6.45, 7) is 1.76. The Bertz CT molecular complexity index is 603. The molecule has 1 N–H and O–H groups in total. The van der Waals surface area contributed by atoms with Gasteiger partial charge in [0, 0.05) is 6.42 Å². The normalized spacial score (nSPS) is 26.4. The number of aliphatic hydroxyl groups is 1. The Kier molecular flexibility index (Phi) is 6.22. The number of rotatable bonds is 7. The third kappa shape index (κ3) is 3.87. The third-order valence-corrected chi connectivity index (χ3v) is 5.60. The summed E-state index contributed by atoms with van der Waals surface area (Å²) in [7, 11) is 4.71. The fourth-order valence-corrected chi connectivity index (χ4v) is 3.85. The lowest BCUT2D eigenvalue weighted by atomic mass is 9.72. The molecule has 6 heteroatoms. The highest BCUT2D eigenvalue weighted by atomic mass is 35.5. The van der Waals surface area contributed by atoms with E-state index in [-0.39, 0.29) is 5.78 Å². The first-order valence-electron chi connectivity index (χ1n) is 8.52. The van der Waals surface area contributed by atoms with Crippen molar-refractivity contribution >= 4 is 17.4 Å². The van der Waals surface area contributed by atoms with Crippen LogP contribution in [0.25, 0.3) is 0 Å². The quantitative estimate of drug-likeness (QED) is 0.744. The minimum absolute atomic E-state index is 0.152. The zero-order valence-corrected chi connectivity index (χ0v) is 16.1. The van der Waals surface area contributed by atoms with Crippen LogP contribution in [0.3, 0.4) is 0 Å². The molecule has 2 rings (SSSR count). The van der Waals surface area contributed by atoms with Crippen molar-refractivity contribution in [1.82, 2.24) is 0 Å². The highest BCUT2D eigenvalue weighted by Crippen LogP contribution is 2.43. The van der Waals surface area contributed by atoms with Gasteiger partial charge in [-0.2, -0.15) is 0 Å². The molecule has 140 valence electrons. The van der Waals surface area contributed by atoms with Crippen LogP contribution in [-0.2, 0) is 11.2 Å². The predicted octanol–water partition coefficient (Wildman–Crippen LogP) is 3.52. The van der Waals surface area contributed by atoms with Crippen LogP contribution in [-0.4, -0.2) is 42.7 Å². The summed E-state index contributed by atoms with van der Waals surface area (Å²) in [4.78, 5) is 11.4. The van der Waals surface area contributed by atoms with E-state index in [0.29, 0.717) is 49.4 Å². The van der Waals surface area contributed by atoms with Crippen molar-refractivity contribution in [2.75, 3.05) is 21.3 Å². The Morgan fingerprint density at radius 3 is 2.24 bits per heavy atom. The van der Waals surface area contributed by atoms with Gasteiger partial charge in [-0.15, -0.1) is 11.6 Å². The number of aryl methyl sites for hydroxylation is 1. The van der Waals surface area contributed by atoms with Gasteiger partial charge < -0.3 is 19.3 Å². The van der Waals surface area contributed by atoms with Crippen LogP contribution in [0.4, 0.5) is 0 Å². The fourth-order valence-electron chi connectivity index (χ4n) is 3.51. The van der Waals surface area contributed by atoms with Gasteiger partial charge in [0.05, 0.1) is 26.2 Å². The smallest absolute Gasteiger partial charge is 0.203 e. The maximum absolute atomic E-state index is 12.3. The molecule has 1 fully saturated rings. The van der Waals surface area contributed by atoms with Crippen LogP contribution < -0.4 is 14.2 Å². The molecule has 1 aromatic carbocycles. The van der Waals surface area contributed by atoms with Gasteiger partial charge in [0.2, 0.25) is 5.75 Å². The number of ether oxygens (including phenoxy) is 3. The average Bonchev–Trinajstić information content (AvgIpc) is 2.58. The monoisotopic (exact) mass is 370 g/mol. The van der Waals surface area contributed by atoms with E-state index in [1.807, 2.05) is 12.1 Å². The van der Waals surface area contributed by atoms with Crippen molar-refractivity contribution in [2.45, 2.75) is 55.9 Å². The van der Waals surface area contributed by atoms with E-state index in [1.165, 1.54) is 0 Å². The van der Waals surface area contributed by atoms with Crippen LogP contribution >= 0.6 is 11.6 Å². The molecule has 0 aromatic heterocycles. The molecule has 25 heavy (non-hydrogen) atoms. The Morgan fingerprint density at radius 2 is 1.76 bits per heavy atom. The molecule has 1 aromatic rings. The number of methoxy groups -OCH3 is 3. The van der Waals surface area contributed by atoms with Crippen LogP contribution in [0, 0.1) is 0 Å². The molecule has 1 aliphatic rings. The number of Topliss-reactive ketones (excluding diaryl/α,β-unsaturated/α-hetero) is 1. The first-order chi connectivity index (χ1) is 11.8. The maximum Gasteiger partial charge on any atom is 0.203 e. The summed E-state index contributed by atoms with van der Waals surface area (Å²) in [5.41, 5.74) is -0.481. The van der Waals surface area contributed by atoms with Crippen LogP contribution in [0.2, 0.25) is 0 Å². The second-order valence-corrected chi connectivity index (χ2v) is 7.56. The second kappa shape index (κ2) is 7.83. The number of benzene rings is 1. The molecule has 1 aliphatic carbocycles. The van der Waals surface area contributed by atoms with E-state index < -0.39 is 10.5 Å². The Labute approximate surface area is 154 Å². The van der Waals surface area contributed by atoms with Crippen molar-refractivity contribution in [2.24, 2.45) is 0 Å². The van der Waals surface area contributed by atoms with Gasteiger partial charge in [0.25, 0.3) is 0 Å². The highest BCUT2D eigenvalue weighted by Gasteiger charge is 2.52. The van der Waals surface area contributed by atoms with Gasteiger partial charge in [0.15, 0.2) is 17.3 Å². The lowest BCUT2D eigenvalue weighted by Gasteiger charge is -2.43. The molecule has 0 bridgehead atoms.